The lowest BCUT2D eigenvalue weighted by Gasteiger charge is -2.08. The van der Waals surface area contributed by atoms with Gasteiger partial charge in [-0.1, -0.05) is 13.8 Å². The van der Waals surface area contributed by atoms with Gasteiger partial charge in [-0.05, 0) is 36.6 Å². The number of hydrogen-bond acceptors (Lipinski definition) is 3. The normalized spacial score (nSPS) is 10.1. The van der Waals surface area contributed by atoms with Gasteiger partial charge < -0.3 is 15.8 Å². The Morgan fingerprint density at radius 1 is 1.26 bits per heavy atom. The first-order valence-corrected chi connectivity index (χ1v) is 6.31. The number of ether oxygens (including phenoxy) is 1. The number of nitrogen functional groups attached to an aromatic ring is 1. The van der Waals surface area contributed by atoms with Crippen molar-refractivity contribution in [3.05, 3.63) is 29.8 Å². The zero-order chi connectivity index (χ0) is 13.4. The molecule has 1 aromatic carbocycles. The Labute approximate surface area is 121 Å². The molecule has 0 aliphatic rings. The van der Waals surface area contributed by atoms with Crippen LogP contribution in [0.1, 0.15) is 30.6 Å². The van der Waals surface area contributed by atoms with Gasteiger partial charge in [-0.15, -0.1) is 12.4 Å². The molecule has 0 saturated heterocycles. The van der Waals surface area contributed by atoms with Crippen molar-refractivity contribution in [1.82, 2.24) is 5.32 Å². The van der Waals surface area contributed by atoms with Crippen molar-refractivity contribution < 1.29 is 9.53 Å². The highest BCUT2D eigenvalue weighted by atomic mass is 35.5. The molecule has 0 unspecified atom stereocenters. The summed E-state index contributed by atoms with van der Waals surface area (Å²) in [4.78, 5) is 11.7. The lowest BCUT2D eigenvalue weighted by Crippen LogP contribution is -2.27. The number of nitrogens with two attached hydrogens (primary N) is 1. The summed E-state index contributed by atoms with van der Waals surface area (Å²) in [5.74, 6) is 0.553. The molecular formula is C14H23ClN2O2. The molecule has 19 heavy (non-hydrogen) atoms. The van der Waals surface area contributed by atoms with Gasteiger partial charge in [-0.2, -0.15) is 0 Å². The quantitative estimate of drug-likeness (QED) is 0.598. The van der Waals surface area contributed by atoms with Crippen molar-refractivity contribution in [3.8, 4) is 0 Å². The second kappa shape index (κ2) is 9.64. The van der Waals surface area contributed by atoms with Crippen LogP contribution >= 0.6 is 12.4 Å². The molecule has 0 aliphatic heterocycles. The van der Waals surface area contributed by atoms with Crippen LogP contribution in [0.15, 0.2) is 24.3 Å². The van der Waals surface area contributed by atoms with Crippen molar-refractivity contribution in [2.45, 2.75) is 20.3 Å². The molecule has 0 aromatic heterocycles. The number of benzene rings is 1. The molecule has 0 fully saturated rings. The third kappa shape index (κ3) is 7.70. The number of halogens is 1. The average Bonchev–Trinajstić information content (AvgIpc) is 2.34. The lowest BCUT2D eigenvalue weighted by atomic mass is 10.1. The second-order valence-corrected chi connectivity index (χ2v) is 4.67. The average molecular weight is 287 g/mol. The van der Waals surface area contributed by atoms with E-state index in [-0.39, 0.29) is 18.3 Å². The van der Waals surface area contributed by atoms with Crippen LogP contribution in [-0.2, 0) is 4.74 Å². The van der Waals surface area contributed by atoms with Gasteiger partial charge in [0, 0.05) is 24.4 Å². The maximum absolute atomic E-state index is 11.7. The standard InChI is InChI=1S/C14H22N2O2.ClH/c1-11(2)7-9-18-10-8-16-14(17)12-3-5-13(15)6-4-12;/h3-6,11H,7-10,15H2,1-2H3,(H,16,17);1H. The van der Waals surface area contributed by atoms with E-state index in [0.29, 0.717) is 30.3 Å². The van der Waals surface area contributed by atoms with Gasteiger partial charge in [0.1, 0.15) is 0 Å². The van der Waals surface area contributed by atoms with Crippen molar-refractivity contribution >= 4 is 24.0 Å². The van der Waals surface area contributed by atoms with Gasteiger partial charge in [0.05, 0.1) is 6.61 Å². The first-order valence-electron chi connectivity index (χ1n) is 6.31. The van der Waals surface area contributed by atoms with E-state index in [9.17, 15) is 4.79 Å². The highest BCUT2D eigenvalue weighted by Crippen LogP contribution is 2.04. The van der Waals surface area contributed by atoms with E-state index in [1.165, 1.54) is 0 Å². The summed E-state index contributed by atoms with van der Waals surface area (Å²) >= 11 is 0. The molecule has 1 amide bonds. The molecule has 108 valence electrons. The fraction of sp³-hybridized carbons (Fsp3) is 0.500. The summed E-state index contributed by atoms with van der Waals surface area (Å²) < 4.78 is 5.42. The second-order valence-electron chi connectivity index (χ2n) is 4.67. The molecule has 0 bridgehead atoms. The van der Waals surface area contributed by atoms with E-state index >= 15 is 0 Å². The zero-order valence-corrected chi connectivity index (χ0v) is 12.3. The summed E-state index contributed by atoms with van der Waals surface area (Å²) in [7, 11) is 0. The molecule has 0 heterocycles. The van der Waals surface area contributed by atoms with Gasteiger partial charge in [0.15, 0.2) is 0 Å². The molecule has 0 aliphatic carbocycles. The minimum absolute atomic E-state index is 0. The van der Waals surface area contributed by atoms with Crippen LogP contribution in [0.3, 0.4) is 0 Å². The summed E-state index contributed by atoms with van der Waals surface area (Å²) in [6, 6.07) is 6.86. The number of anilines is 1. The molecule has 0 saturated carbocycles. The van der Waals surface area contributed by atoms with Crippen LogP contribution in [0.4, 0.5) is 5.69 Å². The minimum Gasteiger partial charge on any atom is -0.399 e. The number of hydrogen-bond donors (Lipinski definition) is 2. The molecule has 5 heteroatoms. The van der Waals surface area contributed by atoms with Gasteiger partial charge in [-0.25, -0.2) is 0 Å². The van der Waals surface area contributed by atoms with Crippen LogP contribution in [0.5, 0.6) is 0 Å². The Morgan fingerprint density at radius 2 is 1.89 bits per heavy atom. The summed E-state index contributed by atoms with van der Waals surface area (Å²) in [6.45, 7) is 6.14. The van der Waals surface area contributed by atoms with E-state index in [1.54, 1.807) is 24.3 Å². The Hall–Kier alpha value is -1.26. The first kappa shape index (κ1) is 17.7. The summed E-state index contributed by atoms with van der Waals surface area (Å²) in [5.41, 5.74) is 6.83. The third-order valence-corrected chi connectivity index (χ3v) is 2.54. The van der Waals surface area contributed by atoms with Crippen molar-refractivity contribution in [2.75, 3.05) is 25.5 Å². The van der Waals surface area contributed by atoms with Crippen LogP contribution in [0.2, 0.25) is 0 Å². The Morgan fingerprint density at radius 3 is 2.47 bits per heavy atom. The third-order valence-electron chi connectivity index (χ3n) is 2.54. The number of carbonyl (C=O) groups is 1. The number of amides is 1. The van der Waals surface area contributed by atoms with Crippen molar-refractivity contribution in [2.24, 2.45) is 5.92 Å². The Kier molecular flexibility index (Phi) is 9.00. The Bertz CT molecular complexity index is 366. The smallest absolute Gasteiger partial charge is 0.251 e. The molecular weight excluding hydrogens is 264 g/mol. The molecule has 0 atom stereocenters. The highest BCUT2D eigenvalue weighted by Gasteiger charge is 2.03. The van der Waals surface area contributed by atoms with E-state index in [0.717, 1.165) is 13.0 Å². The number of carbonyl (C=O) groups excluding carboxylic acids is 1. The predicted octanol–water partition coefficient (Wildman–Crippen LogP) is 2.48. The van der Waals surface area contributed by atoms with Gasteiger partial charge in [-0.3, -0.25) is 4.79 Å². The van der Waals surface area contributed by atoms with Crippen LogP contribution in [0, 0.1) is 5.92 Å². The lowest BCUT2D eigenvalue weighted by molar-refractivity contribution is 0.0906. The van der Waals surface area contributed by atoms with E-state index in [1.807, 2.05) is 0 Å². The van der Waals surface area contributed by atoms with E-state index < -0.39 is 0 Å². The zero-order valence-electron chi connectivity index (χ0n) is 11.5. The van der Waals surface area contributed by atoms with Crippen molar-refractivity contribution in [3.63, 3.8) is 0 Å². The van der Waals surface area contributed by atoms with Crippen LogP contribution in [0.25, 0.3) is 0 Å². The molecule has 4 nitrogen and oxygen atoms in total. The van der Waals surface area contributed by atoms with Crippen molar-refractivity contribution in [1.29, 1.82) is 0 Å². The molecule has 3 N–H and O–H groups in total. The Balaban J connectivity index is 0.00000324. The molecule has 1 rings (SSSR count). The van der Waals surface area contributed by atoms with Crippen LogP contribution < -0.4 is 11.1 Å². The largest absolute Gasteiger partial charge is 0.399 e. The summed E-state index contributed by atoms with van der Waals surface area (Å²) in [6.07, 6.45) is 1.05. The number of rotatable bonds is 7. The monoisotopic (exact) mass is 286 g/mol. The molecule has 0 radical (unpaired) electrons. The summed E-state index contributed by atoms with van der Waals surface area (Å²) in [5, 5.41) is 2.80. The minimum atomic E-state index is -0.0949. The maximum Gasteiger partial charge on any atom is 0.251 e. The SMILES string of the molecule is CC(C)CCOCCNC(=O)c1ccc(N)cc1.Cl. The predicted molar refractivity (Wildman–Crippen MR) is 80.7 cm³/mol. The van der Waals surface area contributed by atoms with E-state index in [2.05, 4.69) is 19.2 Å². The van der Waals surface area contributed by atoms with Crippen LogP contribution in [-0.4, -0.2) is 25.7 Å². The van der Waals surface area contributed by atoms with Gasteiger partial charge in [0.25, 0.3) is 5.91 Å². The topological polar surface area (TPSA) is 64.3 Å². The number of nitrogens with one attached hydrogen (secondary N) is 1. The highest BCUT2D eigenvalue weighted by molar-refractivity contribution is 5.94. The molecule has 1 aromatic rings. The fourth-order valence-electron chi connectivity index (χ4n) is 1.39. The van der Waals surface area contributed by atoms with E-state index in [4.69, 9.17) is 10.5 Å². The maximum atomic E-state index is 11.7. The fourth-order valence-corrected chi connectivity index (χ4v) is 1.39. The first-order chi connectivity index (χ1) is 8.59. The van der Waals surface area contributed by atoms with Gasteiger partial charge in [0.2, 0.25) is 0 Å². The molecule has 0 spiro atoms. The van der Waals surface area contributed by atoms with Gasteiger partial charge >= 0.3 is 0 Å².